The lowest BCUT2D eigenvalue weighted by Gasteiger charge is -2.31. The van der Waals surface area contributed by atoms with Gasteiger partial charge in [-0.2, -0.15) is 11.8 Å². The van der Waals surface area contributed by atoms with E-state index in [0.717, 1.165) is 12.2 Å². The van der Waals surface area contributed by atoms with Crippen LogP contribution in [0.2, 0.25) is 0 Å². The van der Waals surface area contributed by atoms with E-state index >= 15 is 0 Å². The first-order valence-corrected chi connectivity index (χ1v) is 6.76. The fourth-order valence-electron chi connectivity index (χ4n) is 1.69. The molecule has 0 aromatic heterocycles. The van der Waals surface area contributed by atoms with Gasteiger partial charge in [-0.05, 0) is 31.3 Å². The molecule has 0 unspecified atom stereocenters. The molecule has 15 heavy (non-hydrogen) atoms. The molecule has 0 saturated carbocycles. The van der Waals surface area contributed by atoms with Gasteiger partial charge in [-0.1, -0.05) is 0 Å². The zero-order valence-electron chi connectivity index (χ0n) is 9.19. The van der Waals surface area contributed by atoms with Crippen LogP contribution in [-0.4, -0.2) is 53.2 Å². The van der Waals surface area contributed by atoms with E-state index in [2.05, 4.69) is 0 Å². The Kier molecular flexibility index (Phi) is 5.42. The Morgan fingerprint density at radius 1 is 1.60 bits per heavy atom. The average Bonchev–Trinajstić information content (AvgIpc) is 2.26. The number of carbonyl (C=O) groups is 1. The van der Waals surface area contributed by atoms with Crippen LogP contribution in [0, 0.1) is 0 Å². The number of nitrogens with zero attached hydrogens (tertiary/aromatic N) is 1. The molecule has 1 aliphatic rings. The number of piperidine rings is 1. The second kappa shape index (κ2) is 6.35. The molecule has 0 aromatic rings. The van der Waals surface area contributed by atoms with Crippen molar-refractivity contribution in [2.75, 3.05) is 25.1 Å². The molecule has 1 fully saturated rings. The quantitative estimate of drug-likeness (QED) is 0.719. The molecule has 1 rings (SSSR count). The zero-order valence-corrected chi connectivity index (χ0v) is 10.0. The lowest BCUT2D eigenvalue weighted by atomic mass is 10.1. The molecule has 3 N–H and O–H groups in total. The second-order valence-electron chi connectivity index (χ2n) is 3.94. The minimum Gasteiger partial charge on any atom is -0.393 e. The molecule has 88 valence electrons. The minimum atomic E-state index is -0.368. The van der Waals surface area contributed by atoms with Gasteiger partial charge in [0.05, 0.1) is 12.1 Å². The number of nitrogens with two attached hydrogens (primary N) is 1. The van der Waals surface area contributed by atoms with Crippen LogP contribution in [-0.2, 0) is 4.79 Å². The third-order valence-electron chi connectivity index (χ3n) is 2.73. The maximum absolute atomic E-state index is 11.8. The van der Waals surface area contributed by atoms with Crippen molar-refractivity contribution in [1.29, 1.82) is 0 Å². The van der Waals surface area contributed by atoms with Gasteiger partial charge in [0.1, 0.15) is 0 Å². The first kappa shape index (κ1) is 12.8. The molecule has 0 aliphatic carbocycles. The van der Waals surface area contributed by atoms with Gasteiger partial charge in [-0.25, -0.2) is 0 Å². The van der Waals surface area contributed by atoms with Crippen molar-refractivity contribution in [3.05, 3.63) is 0 Å². The average molecular weight is 232 g/mol. The Labute approximate surface area is 95.2 Å². The third-order valence-corrected chi connectivity index (χ3v) is 3.37. The van der Waals surface area contributed by atoms with E-state index in [1.165, 1.54) is 0 Å². The highest BCUT2D eigenvalue weighted by molar-refractivity contribution is 7.98. The summed E-state index contributed by atoms with van der Waals surface area (Å²) in [5.41, 5.74) is 5.80. The van der Waals surface area contributed by atoms with E-state index in [0.29, 0.717) is 25.9 Å². The minimum absolute atomic E-state index is 0.0379. The molecule has 1 aliphatic heterocycles. The summed E-state index contributed by atoms with van der Waals surface area (Å²) in [6.07, 6.45) is 3.87. The second-order valence-corrected chi connectivity index (χ2v) is 4.93. The predicted octanol–water partition coefficient (Wildman–Crippen LogP) is 0.0501. The van der Waals surface area contributed by atoms with Crippen molar-refractivity contribution in [1.82, 2.24) is 4.90 Å². The Bertz CT molecular complexity index is 206. The molecule has 1 saturated heterocycles. The Hall–Kier alpha value is -0.260. The van der Waals surface area contributed by atoms with E-state index in [9.17, 15) is 9.90 Å². The van der Waals surface area contributed by atoms with Gasteiger partial charge in [0.25, 0.3) is 0 Å². The van der Waals surface area contributed by atoms with Gasteiger partial charge in [0.2, 0.25) is 5.91 Å². The Balaban J connectivity index is 2.32. The van der Waals surface area contributed by atoms with Crippen LogP contribution in [0.25, 0.3) is 0 Å². The highest BCUT2D eigenvalue weighted by atomic mass is 32.2. The summed E-state index contributed by atoms with van der Waals surface area (Å²) in [4.78, 5) is 13.6. The van der Waals surface area contributed by atoms with Crippen molar-refractivity contribution >= 4 is 17.7 Å². The van der Waals surface area contributed by atoms with Crippen LogP contribution < -0.4 is 5.73 Å². The topological polar surface area (TPSA) is 66.6 Å². The van der Waals surface area contributed by atoms with Crippen molar-refractivity contribution in [3.8, 4) is 0 Å². The monoisotopic (exact) mass is 232 g/mol. The Morgan fingerprint density at radius 3 is 2.73 bits per heavy atom. The van der Waals surface area contributed by atoms with Crippen molar-refractivity contribution < 1.29 is 9.90 Å². The summed E-state index contributed by atoms with van der Waals surface area (Å²) in [7, 11) is 0. The number of rotatable bonds is 4. The third kappa shape index (κ3) is 4.01. The van der Waals surface area contributed by atoms with Crippen LogP contribution in [0.4, 0.5) is 0 Å². The normalized spacial score (nSPS) is 20.3. The summed E-state index contributed by atoms with van der Waals surface area (Å²) >= 11 is 1.70. The molecular formula is C10H20N2O2S. The van der Waals surface area contributed by atoms with E-state index in [1.54, 1.807) is 16.7 Å². The first-order valence-electron chi connectivity index (χ1n) is 5.36. The smallest absolute Gasteiger partial charge is 0.239 e. The van der Waals surface area contributed by atoms with Crippen molar-refractivity contribution in [2.45, 2.75) is 31.4 Å². The molecular weight excluding hydrogens is 212 g/mol. The van der Waals surface area contributed by atoms with E-state index < -0.39 is 0 Å². The first-order chi connectivity index (χ1) is 7.15. The highest BCUT2D eigenvalue weighted by Gasteiger charge is 2.24. The van der Waals surface area contributed by atoms with Gasteiger partial charge in [-0.3, -0.25) is 4.79 Å². The predicted molar refractivity (Wildman–Crippen MR) is 62.8 cm³/mol. The van der Waals surface area contributed by atoms with E-state index in [4.69, 9.17) is 5.73 Å². The molecule has 0 bridgehead atoms. The number of thioether (sulfide) groups is 1. The van der Waals surface area contributed by atoms with Gasteiger partial charge in [0, 0.05) is 13.1 Å². The molecule has 0 radical (unpaired) electrons. The molecule has 1 amide bonds. The summed E-state index contributed by atoms with van der Waals surface area (Å²) in [6, 6.07) is -0.368. The van der Waals surface area contributed by atoms with Gasteiger partial charge in [0.15, 0.2) is 0 Å². The molecule has 5 heteroatoms. The number of likely N-dealkylation sites (tertiary alicyclic amines) is 1. The fourth-order valence-corrected chi connectivity index (χ4v) is 2.18. The molecule has 1 atom stereocenters. The molecule has 0 spiro atoms. The van der Waals surface area contributed by atoms with Crippen LogP contribution in [0.1, 0.15) is 19.3 Å². The highest BCUT2D eigenvalue weighted by Crippen LogP contribution is 2.12. The van der Waals surface area contributed by atoms with Crippen LogP contribution >= 0.6 is 11.8 Å². The van der Waals surface area contributed by atoms with Crippen molar-refractivity contribution in [2.24, 2.45) is 5.73 Å². The number of hydrogen-bond donors (Lipinski definition) is 2. The lowest BCUT2D eigenvalue weighted by Crippen LogP contribution is -2.48. The molecule has 0 aromatic carbocycles. The molecule has 4 nitrogen and oxygen atoms in total. The fraction of sp³-hybridized carbons (Fsp3) is 0.900. The SMILES string of the molecule is CSCC[C@H](N)C(=O)N1CCC(O)CC1. The summed E-state index contributed by atoms with van der Waals surface area (Å²) < 4.78 is 0. The van der Waals surface area contributed by atoms with Crippen LogP contribution in [0.15, 0.2) is 0 Å². The lowest BCUT2D eigenvalue weighted by molar-refractivity contribution is -0.134. The van der Waals surface area contributed by atoms with Gasteiger partial charge in [-0.15, -0.1) is 0 Å². The number of carbonyl (C=O) groups excluding carboxylic acids is 1. The standard InChI is InChI=1S/C10H20N2O2S/c1-15-7-4-9(11)10(14)12-5-2-8(13)3-6-12/h8-9,13H,2-7,11H2,1H3/t9-/m0/s1. The van der Waals surface area contributed by atoms with Crippen molar-refractivity contribution in [3.63, 3.8) is 0 Å². The summed E-state index contributed by atoms with van der Waals surface area (Å²) in [5, 5.41) is 9.32. The summed E-state index contributed by atoms with van der Waals surface area (Å²) in [5.74, 6) is 0.958. The number of aliphatic hydroxyl groups excluding tert-OH is 1. The van der Waals surface area contributed by atoms with Gasteiger partial charge < -0.3 is 15.7 Å². The molecule has 1 heterocycles. The largest absolute Gasteiger partial charge is 0.393 e. The van der Waals surface area contributed by atoms with Crippen LogP contribution in [0.3, 0.4) is 0 Å². The van der Waals surface area contributed by atoms with Crippen LogP contribution in [0.5, 0.6) is 0 Å². The maximum Gasteiger partial charge on any atom is 0.239 e. The maximum atomic E-state index is 11.8. The van der Waals surface area contributed by atoms with Gasteiger partial charge >= 0.3 is 0 Å². The number of hydrogen-bond acceptors (Lipinski definition) is 4. The van der Waals surface area contributed by atoms with E-state index in [-0.39, 0.29) is 18.1 Å². The number of amides is 1. The summed E-state index contributed by atoms with van der Waals surface area (Å²) in [6.45, 7) is 1.29. The number of aliphatic hydroxyl groups is 1. The van der Waals surface area contributed by atoms with E-state index in [1.807, 2.05) is 6.26 Å². The zero-order chi connectivity index (χ0) is 11.3. The Morgan fingerprint density at radius 2 is 2.20 bits per heavy atom.